The molecule has 3 aliphatic rings. The molecule has 9 nitrogen and oxygen atoms in total. The smallest absolute Gasteiger partial charge is 0.263 e. The van der Waals surface area contributed by atoms with Crippen LogP contribution in [0.3, 0.4) is 0 Å². The van der Waals surface area contributed by atoms with Gasteiger partial charge in [0.25, 0.3) is 5.91 Å². The molecule has 3 N–H and O–H groups in total. The predicted octanol–water partition coefficient (Wildman–Crippen LogP) is 4.87. The zero-order valence-electron chi connectivity index (χ0n) is 22.3. The number of benzene rings is 2. The lowest BCUT2D eigenvalue weighted by Crippen LogP contribution is -2.39. The quantitative estimate of drug-likeness (QED) is 0.324. The van der Waals surface area contributed by atoms with E-state index in [0.29, 0.717) is 57.5 Å². The van der Waals surface area contributed by atoms with E-state index in [2.05, 4.69) is 37.6 Å². The Morgan fingerprint density at radius 3 is 2.76 bits per heavy atom. The molecule has 1 aromatic heterocycles. The number of amides is 2. The number of rotatable bonds is 7. The summed E-state index contributed by atoms with van der Waals surface area (Å²) >= 11 is 14.1. The lowest BCUT2D eigenvalue weighted by molar-refractivity contribution is -0.125. The summed E-state index contributed by atoms with van der Waals surface area (Å²) in [5.41, 5.74) is 4.29. The van der Waals surface area contributed by atoms with Gasteiger partial charge in [-0.25, -0.2) is 9.97 Å². The van der Waals surface area contributed by atoms with Crippen LogP contribution in [0.25, 0.3) is 0 Å². The largest absolute Gasteiger partial charge is 0.393 e. The number of nitrogens with one attached hydrogen (secondary N) is 2. The maximum absolute atomic E-state index is 13.2. The van der Waals surface area contributed by atoms with E-state index in [-0.39, 0.29) is 23.8 Å². The van der Waals surface area contributed by atoms with Crippen LogP contribution in [0.4, 0.5) is 17.3 Å². The van der Waals surface area contributed by atoms with E-state index in [1.807, 2.05) is 6.07 Å². The average molecular weight is 614 g/mol. The van der Waals surface area contributed by atoms with Gasteiger partial charge < -0.3 is 15.7 Å². The molecule has 1 fully saturated rings. The topological polar surface area (TPSA) is 111 Å². The number of aliphatic hydroxyl groups is 1. The van der Waals surface area contributed by atoms with E-state index in [1.165, 1.54) is 29.1 Å². The molecule has 2 aliphatic heterocycles. The van der Waals surface area contributed by atoms with Gasteiger partial charge in [-0.3, -0.25) is 19.4 Å². The highest BCUT2D eigenvalue weighted by atomic mass is 35.5. The Bertz CT molecular complexity index is 1470. The summed E-state index contributed by atoms with van der Waals surface area (Å²) in [7, 11) is 0. The zero-order chi connectivity index (χ0) is 28.5. The van der Waals surface area contributed by atoms with Crippen molar-refractivity contribution in [1.29, 1.82) is 0 Å². The van der Waals surface area contributed by atoms with E-state index in [0.717, 1.165) is 38.2 Å². The van der Waals surface area contributed by atoms with Gasteiger partial charge >= 0.3 is 0 Å². The van der Waals surface area contributed by atoms with Crippen LogP contribution in [0.1, 0.15) is 40.7 Å². The Labute approximate surface area is 252 Å². The van der Waals surface area contributed by atoms with Gasteiger partial charge in [-0.1, -0.05) is 47.1 Å². The molecule has 3 aromatic rings. The van der Waals surface area contributed by atoms with Gasteiger partial charge in [0, 0.05) is 44.0 Å². The molecule has 0 bridgehead atoms. The summed E-state index contributed by atoms with van der Waals surface area (Å²) < 4.78 is 0. The van der Waals surface area contributed by atoms with Crippen molar-refractivity contribution in [2.24, 2.45) is 5.92 Å². The summed E-state index contributed by atoms with van der Waals surface area (Å²) in [4.78, 5) is 38.5. The molecule has 0 radical (unpaired) electrons. The Hall–Kier alpha value is -2.89. The van der Waals surface area contributed by atoms with Gasteiger partial charge in [-0.05, 0) is 61.1 Å². The second-order valence-corrected chi connectivity index (χ2v) is 12.3. The number of hydrogen-bond acceptors (Lipinski definition) is 8. The number of hydrogen-bond donors (Lipinski definition) is 3. The molecule has 0 spiro atoms. The Balaban J connectivity index is 1.08. The number of fused-ring (bicyclic) bond motifs is 2. The van der Waals surface area contributed by atoms with E-state index in [1.54, 1.807) is 23.1 Å². The third-order valence-electron chi connectivity index (χ3n) is 7.82. The van der Waals surface area contributed by atoms with E-state index in [4.69, 9.17) is 23.2 Å². The second-order valence-electron chi connectivity index (χ2n) is 10.6. The van der Waals surface area contributed by atoms with Gasteiger partial charge in [0.2, 0.25) is 11.9 Å². The molecule has 2 atom stereocenters. The Morgan fingerprint density at radius 2 is 1.98 bits per heavy atom. The first-order valence-electron chi connectivity index (χ1n) is 13.7. The SMILES string of the molecule is O=C(NCCN1CCc2ccc(Nc3ncc4c(n3)SCN(c3c(Cl)cccc3Cl)C4=O)cc2C1)C1CCC(O)C1. The standard InChI is InChI=1S/C29H30Cl2N6O3S/c30-23-2-1-3-24(31)25(23)37-16-41-27-22(28(37)40)14-33-29(35-27)34-20-6-4-17-8-10-36(15-19(17)12-20)11-9-32-26(39)18-5-7-21(38)13-18/h1-4,6,12,14,18,21,38H,5,7-11,13,15-16H2,(H,32,39)(H,33,34,35). The monoisotopic (exact) mass is 612 g/mol. The lowest BCUT2D eigenvalue weighted by atomic mass is 9.99. The number of anilines is 3. The zero-order valence-corrected chi connectivity index (χ0v) is 24.6. The van der Waals surface area contributed by atoms with Gasteiger partial charge in [0.15, 0.2) is 0 Å². The first-order chi connectivity index (χ1) is 19.9. The molecular formula is C29H30Cl2N6O3S. The number of aromatic nitrogens is 2. The van der Waals surface area contributed by atoms with Crippen molar-refractivity contribution in [1.82, 2.24) is 20.2 Å². The van der Waals surface area contributed by atoms with Gasteiger partial charge in [-0.2, -0.15) is 0 Å². The maximum Gasteiger partial charge on any atom is 0.263 e. The molecule has 0 saturated heterocycles. The summed E-state index contributed by atoms with van der Waals surface area (Å²) in [6.07, 6.45) is 4.18. The van der Waals surface area contributed by atoms with Crippen molar-refractivity contribution in [2.45, 2.75) is 43.4 Å². The van der Waals surface area contributed by atoms with Gasteiger partial charge in [-0.15, -0.1) is 0 Å². The molecule has 2 aromatic carbocycles. The Kier molecular flexibility index (Phi) is 8.37. The molecule has 1 saturated carbocycles. The normalized spacial score (nSPS) is 20.5. The summed E-state index contributed by atoms with van der Waals surface area (Å²) in [6, 6.07) is 11.4. The molecule has 214 valence electrons. The summed E-state index contributed by atoms with van der Waals surface area (Å²) in [5.74, 6) is 0.495. The minimum atomic E-state index is -0.343. The molecular weight excluding hydrogens is 583 g/mol. The fraction of sp³-hybridized carbons (Fsp3) is 0.379. The number of halogens is 2. The van der Waals surface area contributed by atoms with Gasteiger partial charge in [0.05, 0.1) is 33.3 Å². The number of thioether (sulfide) groups is 1. The first kappa shape index (κ1) is 28.2. The third-order valence-corrected chi connectivity index (χ3v) is 9.41. The fourth-order valence-electron chi connectivity index (χ4n) is 5.62. The van der Waals surface area contributed by atoms with E-state index < -0.39 is 0 Å². The molecule has 1 aliphatic carbocycles. The van der Waals surface area contributed by atoms with Crippen molar-refractivity contribution in [3.05, 3.63) is 69.3 Å². The minimum Gasteiger partial charge on any atom is -0.393 e. The third kappa shape index (κ3) is 6.17. The second kappa shape index (κ2) is 12.1. The Morgan fingerprint density at radius 1 is 1.15 bits per heavy atom. The van der Waals surface area contributed by atoms with Gasteiger partial charge in [0.1, 0.15) is 5.03 Å². The van der Waals surface area contributed by atoms with Crippen LogP contribution in [-0.4, -0.2) is 63.4 Å². The van der Waals surface area contributed by atoms with Crippen LogP contribution in [0.15, 0.2) is 47.6 Å². The van der Waals surface area contributed by atoms with Crippen LogP contribution in [0.5, 0.6) is 0 Å². The van der Waals surface area contributed by atoms with Crippen LogP contribution in [0, 0.1) is 5.92 Å². The molecule has 12 heteroatoms. The van der Waals surface area contributed by atoms with Crippen LogP contribution >= 0.6 is 35.0 Å². The molecule has 2 unspecified atom stereocenters. The van der Waals surface area contributed by atoms with Crippen LogP contribution < -0.4 is 15.5 Å². The number of carbonyl (C=O) groups excluding carboxylic acids is 2. The molecule has 3 heterocycles. The predicted molar refractivity (Wildman–Crippen MR) is 161 cm³/mol. The molecule has 41 heavy (non-hydrogen) atoms. The highest BCUT2D eigenvalue weighted by Crippen LogP contribution is 2.39. The highest BCUT2D eigenvalue weighted by Gasteiger charge is 2.31. The van der Waals surface area contributed by atoms with E-state index >= 15 is 0 Å². The lowest BCUT2D eigenvalue weighted by Gasteiger charge is -2.29. The van der Waals surface area contributed by atoms with Crippen molar-refractivity contribution in [2.75, 3.05) is 35.7 Å². The summed E-state index contributed by atoms with van der Waals surface area (Å²) in [5, 5.41) is 17.4. The summed E-state index contributed by atoms with van der Waals surface area (Å²) in [6.45, 7) is 3.10. The average Bonchev–Trinajstić information content (AvgIpc) is 3.40. The van der Waals surface area contributed by atoms with Crippen LogP contribution in [0.2, 0.25) is 10.0 Å². The molecule has 2 amide bonds. The van der Waals surface area contributed by atoms with Crippen molar-refractivity contribution < 1.29 is 14.7 Å². The minimum absolute atomic E-state index is 0.0516. The van der Waals surface area contributed by atoms with Crippen molar-refractivity contribution >= 4 is 64.1 Å². The van der Waals surface area contributed by atoms with E-state index in [9.17, 15) is 14.7 Å². The number of carbonyl (C=O) groups is 2. The fourth-order valence-corrected chi connectivity index (χ4v) is 7.16. The van der Waals surface area contributed by atoms with Crippen LogP contribution in [-0.2, 0) is 17.8 Å². The van der Waals surface area contributed by atoms with Crippen molar-refractivity contribution in [3.8, 4) is 0 Å². The number of nitrogens with zero attached hydrogens (tertiary/aromatic N) is 4. The first-order valence-corrected chi connectivity index (χ1v) is 15.4. The van der Waals surface area contributed by atoms with Crippen molar-refractivity contribution in [3.63, 3.8) is 0 Å². The number of para-hydroxylation sites is 1. The molecule has 6 rings (SSSR count). The highest BCUT2D eigenvalue weighted by molar-refractivity contribution is 7.99. The number of aliphatic hydroxyl groups excluding tert-OH is 1. The maximum atomic E-state index is 13.2.